The molecule has 1 rings (SSSR count). The fraction of sp³-hybridized carbons (Fsp3) is 0.733. The van der Waals surface area contributed by atoms with E-state index in [0.29, 0.717) is 19.5 Å². The minimum absolute atomic E-state index is 0.0367. The number of nitrogens with zero attached hydrogens (tertiary/aromatic N) is 1. The first-order valence-electron chi connectivity index (χ1n) is 7.07. The Morgan fingerprint density at radius 2 is 2.20 bits per heavy atom. The zero-order valence-electron chi connectivity index (χ0n) is 12.5. The van der Waals surface area contributed by atoms with Gasteiger partial charge in [-0.05, 0) is 39.0 Å². The third-order valence-electron chi connectivity index (χ3n) is 4.19. The Bertz CT molecular complexity index is 412. The van der Waals surface area contributed by atoms with Crippen molar-refractivity contribution in [1.29, 1.82) is 0 Å². The SMILES string of the molecule is C#CC(CC)NC(=O)N1CCCC(C(C)(C)C(=O)O)C1. The van der Waals surface area contributed by atoms with Crippen LogP contribution in [0.25, 0.3) is 0 Å². The van der Waals surface area contributed by atoms with Crippen LogP contribution in [-0.4, -0.2) is 41.1 Å². The molecule has 1 saturated heterocycles. The zero-order chi connectivity index (χ0) is 15.3. The number of carboxylic acid groups (broad SMARTS) is 1. The van der Waals surface area contributed by atoms with E-state index in [1.807, 2.05) is 6.92 Å². The number of aliphatic carboxylic acids is 1. The second-order valence-electron chi connectivity index (χ2n) is 5.89. The Morgan fingerprint density at radius 1 is 1.55 bits per heavy atom. The molecule has 5 heteroatoms. The molecule has 2 amide bonds. The molecule has 1 aliphatic rings. The quantitative estimate of drug-likeness (QED) is 0.773. The number of amides is 2. The molecule has 0 aliphatic carbocycles. The third-order valence-corrected chi connectivity index (χ3v) is 4.19. The van der Waals surface area contributed by atoms with Crippen LogP contribution in [0.5, 0.6) is 0 Å². The van der Waals surface area contributed by atoms with E-state index >= 15 is 0 Å². The van der Waals surface area contributed by atoms with Gasteiger partial charge in [-0.25, -0.2) is 4.79 Å². The smallest absolute Gasteiger partial charge is 0.318 e. The number of urea groups is 1. The van der Waals surface area contributed by atoms with Crippen molar-refractivity contribution in [3.63, 3.8) is 0 Å². The number of rotatable bonds is 4. The molecule has 0 aromatic heterocycles. The van der Waals surface area contributed by atoms with Crippen LogP contribution in [0.2, 0.25) is 0 Å². The summed E-state index contributed by atoms with van der Waals surface area (Å²) in [7, 11) is 0. The molecule has 2 unspecified atom stereocenters. The van der Waals surface area contributed by atoms with E-state index in [2.05, 4.69) is 11.2 Å². The van der Waals surface area contributed by atoms with Gasteiger partial charge in [-0.1, -0.05) is 12.8 Å². The second-order valence-corrected chi connectivity index (χ2v) is 5.89. The average molecular weight is 280 g/mol. The van der Waals surface area contributed by atoms with Gasteiger partial charge >= 0.3 is 12.0 Å². The summed E-state index contributed by atoms with van der Waals surface area (Å²) in [6, 6.07) is -0.462. The van der Waals surface area contributed by atoms with Crippen molar-refractivity contribution in [3.05, 3.63) is 0 Å². The summed E-state index contributed by atoms with van der Waals surface area (Å²) in [5.41, 5.74) is -0.824. The van der Waals surface area contributed by atoms with Crippen molar-refractivity contribution < 1.29 is 14.7 Å². The van der Waals surface area contributed by atoms with Gasteiger partial charge in [0, 0.05) is 13.1 Å². The normalized spacial score (nSPS) is 20.9. The lowest BCUT2D eigenvalue weighted by molar-refractivity contribution is -0.151. The Hall–Kier alpha value is -1.70. The Kier molecular flexibility index (Phi) is 5.43. The topological polar surface area (TPSA) is 69.6 Å². The molecule has 0 aromatic rings. The summed E-state index contributed by atoms with van der Waals surface area (Å²) < 4.78 is 0. The predicted octanol–water partition coefficient (Wildman–Crippen LogP) is 1.93. The maximum Gasteiger partial charge on any atom is 0.318 e. The number of carbonyl (C=O) groups is 2. The molecular formula is C15H24N2O3. The van der Waals surface area contributed by atoms with Crippen molar-refractivity contribution in [2.24, 2.45) is 11.3 Å². The lowest BCUT2D eigenvalue weighted by atomic mass is 9.74. The first kappa shape index (κ1) is 16.4. The van der Waals surface area contributed by atoms with Crippen LogP contribution in [0.15, 0.2) is 0 Å². The molecule has 2 atom stereocenters. The highest BCUT2D eigenvalue weighted by Crippen LogP contribution is 2.34. The zero-order valence-corrected chi connectivity index (χ0v) is 12.5. The number of hydrogen-bond acceptors (Lipinski definition) is 2. The highest BCUT2D eigenvalue weighted by atomic mass is 16.4. The first-order valence-corrected chi connectivity index (χ1v) is 7.07. The predicted molar refractivity (Wildman–Crippen MR) is 77.2 cm³/mol. The number of likely N-dealkylation sites (tertiary alicyclic amines) is 1. The number of hydrogen-bond donors (Lipinski definition) is 2. The highest BCUT2D eigenvalue weighted by Gasteiger charge is 2.40. The molecule has 1 fully saturated rings. The maximum absolute atomic E-state index is 12.1. The van der Waals surface area contributed by atoms with E-state index in [1.165, 1.54) is 0 Å². The molecule has 0 bridgehead atoms. The highest BCUT2D eigenvalue weighted by molar-refractivity contribution is 5.76. The minimum atomic E-state index is -0.824. The Labute approximate surface area is 120 Å². The Morgan fingerprint density at radius 3 is 2.70 bits per heavy atom. The van der Waals surface area contributed by atoms with Crippen LogP contribution in [-0.2, 0) is 4.79 Å². The van der Waals surface area contributed by atoms with Gasteiger partial charge in [-0.2, -0.15) is 0 Å². The van der Waals surface area contributed by atoms with Crippen molar-refractivity contribution in [1.82, 2.24) is 10.2 Å². The monoisotopic (exact) mass is 280 g/mol. The van der Waals surface area contributed by atoms with Gasteiger partial charge in [0.15, 0.2) is 0 Å². The van der Waals surface area contributed by atoms with Crippen LogP contribution in [0.3, 0.4) is 0 Å². The molecule has 0 radical (unpaired) electrons. The molecule has 1 heterocycles. The van der Waals surface area contributed by atoms with Gasteiger partial charge in [0.05, 0.1) is 11.5 Å². The molecule has 20 heavy (non-hydrogen) atoms. The third kappa shape index (κ3) is 3.66. The van der Waals surface area contributed by atoms with Gasteiger partial charge in [0.2, 0.25) is 0 Å². The average Bonchev–Trinajstić information content (AvgIpc) is 2.44. The van der Waals surface area contributed by atoms with Crippen molar-refractivity contribution in [3.8, 4) is 12.3 Å². The lowest BCUT2D eigenvalue weighted by Crippen LogP contribution is -2.51. The van der Waals surface area contributed by atoms with Gasteiger partial charge < -0.3 is 15.3 Å². The Balaban J connectivity index is 2.68. The van der Waals surface area contributed by atoms with E-state index < -0.39 is 11.4 Å². The number of terminal acetylenes is 1. The number of nitrogens with one attached hydrogen (secondary N) is 1. The summed E-state index contributed by atoms with van der Waals surface area (Å²) in [5, 5.41) is 12.1. The fourth-order valence-electron chi connectivity index (χ4n) is 2.43. The number of carboxylic acids is 1. The maximum atomic E-state index is 12.1. The molecule has 1 aliphatic heterocycles. The molecule has 5 nitrogen and oxygen atoms in total. The van der Waals surface area contributed by atoms with Gasteiger partial charge in [0.1, 0.15) is 0 Å². The van der Waals surface area contributed by atoms with E-state index in [-0.39, 0.29) is 18.0 Å². The van der Waals surface area contributed by atoms with Crippen LogP contribution in [0.1, 0.15) is 40.0 Å². The van der Waals surface area contributed by atoms with E-state index in [4.69, 9.17) is 6.42 Å². The summed E-state index contributed by atoms with van der Waals surface area (Å²) in [4.78, 5) is 25.1. The van der Waals surface area contributed by atoms with Crippen molar-refractivity contribution in [2.45, 2.75) is 46.1 Å². The fourth-order valence-corrected chi connectivity index (χ4v) is 2.43. The van der Waals surface area contributed by atoms with Gasteiger partial charge in [-0.3, -0.25) is 4.79 Å². The minimum Gasteiger partial charge on any atom is -0.481 e. The largest absolute Gasteiger partial charge is 0.481 e. The van der Waals surface area contributed by atoms with Gasteiger partial charge in [-0.15, -0.1) is 6.42 Å². The van der Waals surface area contributed by atoms with Crippen molar-refractivity contribution in [2.75, 3.05) is 13.1 Å². The second kappa shape index (κ2) is 6.65. The summed E-state index contributed by atoms with van der Waals surface area (Å²) in [6.07, 6.45) is 7.67. The van der Waals surface area contributed by atoms with Gasteiger partial charge in [0.25, 0.3) is 0 Å². The standard InChI is InChI=1S/C15H24N2O3/c1-5-12(6-2)16-14(20)17-9-7-8-11(10-17)15(3,4)13(18)19/h1,11-12H,6-10H2,2-4H3,(H,16,20)(H,18,19). The lowest BCUT2D eigenvalue weighted by Gasteiger charge is -2.39. The van der Waals surface area contributed by atoms with Crippen LogP contribution < -0.4 is 5.32 Å². The first-order chi connectivity index (χ1) is 9.32. The van der Waals surface area contributed by atoms with E-state index in [9.17, 15) is 14.7 Å². The molecular weight excluding hydrogens is 256 g/mol. The van der Waals surface area contributed by atoms with Crippen LogP contribution in [0, 0.1) is 23.7 Å². The summed E-state index contributed by atoms with van der Waals surface area (Å²) in [6.45, 7) is 6.47. The summed E-state index contributed by atoms with van der Waals surface area (Å²) in [5.74, 6) is 1.67. The van der Waals surface area contributed by atoms with E-state index in [0.717, 1.165) is 12.8 Å². The number of piperidine rings is 1. The van der Waals surface area contributed by atoms with Crippen molar-refractivity contribution >= 4 is 12.0 Å². The molecule has 0 spiro atoms. The molecule has 0 aromatic carbocycles. The molecule has 0 saturated carbocycles. The summed E-state index contributed by atoms with van der Waals surface area (Å²) >= 11 is 0. The van der Waals surface area contributed by atoms with E-state index in [1.54, 1.807) is 18.7 Å². The van der Waals surface area contributed by atoms with Crippen LogP contribution in [0.4, 0.5) is 4.79 Å². The molecule has 112 valence electrons. The van der Waals surface area contributed by atoms with Crippen LogP contribution >= 0.6 is 0 Å². The molecule has 2 N–H and O–H groups in total. The number of carbonyl (C=O) groups excluding carboxylic acids is 1.